The molecule has 0 radical (unpaired) electrons. The highest BCUT2D eigenvalue weighted by Crippen LogP contribution is 2.29. The highest BCUT2D eigenvalue weighted by molar-refractivity contribution is 5.95. The van der Waals surface area contributed by atoms with Gasteiger partial charge in [0.25, 0.3) is 0 Å². The van der Waals surface area contributed by atoms with Crippen molar-refractivity contribution in [2.24, 2.45) is 0 Å². The number of epoxide rings is 1. The Bertz CT molecular complexity index is 419. The van der Waals surface area contributed by atoms with E-state index >= 15 is 0 Å². The number of unbranched alkanes of at least 4 members (excludes halogenated alkanes) is 4. The van der Waals surface area contributed by atoms with Crippen molar-refractivity contribution in [1.82, 2.24) is 0 Å². The smallest absolute Gasteiger partial charge is 0.208 e. The van der Waals surface area contributed by atoms with E-state index in [0.717, 1.165) is 12.8 Å². The van der Waals surface area contributed by atoms with Gasteiger partial charge in [0.15, 0.2) is 0 Å². The average molecular weight is 290 g/mol. The van der Waals surface area contributed by atoms with Gasteiger partial charge < -0.3 is 9.47 Å². The van der Waals surface area contributed by atoms with E-state index in [-0.39, 0.29) is 11.9 Å². The van der Waals surface area contributed by atoms with Gasteiger partial charge in [-0.3, -0.25) is 4.79 Å². The molecule has 0 aromatic heterocycles. The molecule has 0 aliphatic carbocycles. The van der Waals surface area contributed by atoms with Crippen LogP contribution >= 0.6 is 0 Å². The number of Topliss-reactive ketones (excluding diaryl/α,β-unsaturated/α-hetero) is 1. The summed E-state index contributed by atoms with van der Waals surface area (Å²) < 4.78 is 10.4. The van der Waals surface area contributed by atoms with E-state index in [9.17, 15) is 4.79 Å². The first-order valence-electron chi connectivity index (χ1n) is 7.94. The minimum Gasteiger partial charge on any atom is -0.384 e. The summed E-state index contributed by atoms with van der Waals surface area (Å²) in [5.41, 5.74) is 0. The summed E-state index contributed by atoms with van der Waals surface area (Å²) in [7, 11) is 1.57. The molecule has 1 fully saturated rings. The van der Waals surface area contributed by atoms with Gasteiger partial charge in [0.1, 0.15) is 0 Å². The van der Waals surface area contributed by atoms with E-state index in [0.29, 0.717) is 19.1 Å². The standard InChI is InChI=1S/C18H26O3/c1-3-4-5-6-9-12-17-18(21-17)13-10-7-8-11-16(19)14-15-20-2/h17-18H,3-6,9,12-15H2,1-2H3/t17-,18+/m0/s1. The third kappa shape index (κ3) is 9.29. The van der Waals surface area contributed by atoms with Crippen LogP contribution in [0.2, 0.25) is 0 Å². The number of ketones is 1. The molecule has 3 nitrogen and oxygen atoms in total. The van der Waals surface area contributed by atoms with Crippen molar-refractivity contribution in [1.29, 1.82) is 0 Å². The fraction of sp³-hybridized carbons (Fsp3) is 0.722. The zero-order chi connectivity index (χ0) is 15.3. The van der Waals surface area contributed by atoms with Crippen molar-refractivity contribution < 1.29 is 14.3 Å². The van der Waals surface area contributed by atoms with Gasteiger partial charge in [-0.2, -0.15) is 0 Å². The van der Waals surface area contributed by atoms with Gasteiger partial charge in [-0.15, -0.1) is 0 Å². The van der Waals surface area contributed by atoms with Gasteiger partial charge >= 0.3 is 0 Å². The molecule has 0 N–H and O–H groups in total. The largest absolute Gasteiger partial charge is 0.384 e. The van der Waals surface area contributed by atoms with Crippen LogP contribution in [-0.4, -0.2) is 31.7 Å². The number of hydrogen-bond donors (Lipinski definition) is 0. The number of rotatable bonds is 10. The Kier molecular flexibility index (Phi) is 9.62. The van der Waals surface area contributed by atoms with Crippen LogP contribution < -0.4 is 0 Å². The van der Waals surface area contributed by atoms with Crippen LogP contribution in [0, 0.1) is 23.7 Å². The SMILES string of the molecule is CCCCCCC[C@@H]1O[C@@H]1CC#CC#CC(=O)CCOC. The van der Waals surface area contributed by atoms with E-state index in [1.54, 1.807) is 7.11 Å². The van der Waals surface area contributed by atoms with Crippen LogP contribution in [0.3, 0.4) is 0 Å². The van der Waals surface area contributed by atoms with Crippen LogP contribution in [0.15, 0.2) is 0 Å². The van der Waals surface area contributed by atoms with E-state index in [2.05, 4.69) is 30.6 Å². The molecule has 1 rings (SSSR count). The van der Waals surface area contributed by atoms with Crippen LogP contribution in [0.4, 0.5) is 0 Å². The number of carbonyl (C=O) groups excluding carboxylic acids is 1. The van der Waals surface area contributed by atoms with Crippen molar-refractivity contribution in [3.63, 3.8) is 0 Å². The molecule has 0 amide bonds. The van der Waals surface area contributed by atoms with Crippen LogP contribution in [0.1, 0.15) is 58.3 Å². The Balaban J connectivity index is 2.04. The number of methoxy groups -OCH3 is 1. The summed E-state index contributed by atoms with van der Waals surface area (Å²) in [4.78, 5) is 11.2. The van der Waals surface area contributed by atoms with E-state index < -0.39 is 0 Å². The summed E-state index contributed by atoms with van der Waals surface area (Å²) in [6.45, 7) is 2.64. The molecular formula is C18H26O3. The molecule has 0 bridgehead atoms. The molecule has 3 heteroatoms. The highest BCUT2D eigenvalue weighted by Gasteiger charge is 2.36. The molecule has 1 aliphatic heterocycles. The van der Waals surface area contributed by atoms with Crippen molar-refractivity contribution >= 4 is 5.78 Å². The Hall–Kier alpha value is -1.29. The average Bonchev–Trinajstić information content (AvgIpc) is 3.23. The zero-order valence-corrected chi connectivity index (χ0v) is 13.2. The maximum absolute atomic E-state index is 11.2. The molecule has 0 aromatic carbocycles. The molecule has 1 saturated heterocycles. The normalized spacial score (nSPS) is 19.1. The predicted molar refractivity (Wildman–Crippen MR) is 83.7 cm³/mol. The van der Waals surface area contributed by atoms with Gasteiger partial charge in [-0.1, -0.05) is 44.9 Å². The van der Waals surface area contributed by atoms with Crippen molar-refractivity contribution in [2.45, 2.75) is 70.5 Å². The Labute approximate surface area is 128 Å². The third-order valence-corrected chi connectivity index (χ3v) is 3.47. The highest BCUT2D eigenvalue weighted by atomic mass is 16.6. The second-order valence-electron chi connectivity index (χ2n) is 5.34. The Morgan fingerprint density at radius 2 is 1.95 bits per heavy atom. The number of hydrogen-bond acceptors (Lipinski definition) is 3. The zero-order valence-electron chi connectivity index (χ0n) is 13.2. The van der Waals surface area contributed by atoms with Gasteiger partial charge in [0, 0.05) is 20.0 Å². The van der Waals surface area contributed by atoms with E-state index in [4.69, 9.17) is 9.47 Å². The molecule has 116 valence electrons. The lowest BCUT2D eigenvalue weighted by molar-refractivity contribution is -0.114. The first kappa shape index (κ1) is 17.8. The Morgan fingerprint density at radius 3 is 2.71 bits per heavy atom. The van der Waals surface area contributed by atoms with Crippen molar-refractivity contribution in [3.05, 3.63) is 0 Å². The quantitative estimate of drug-likeness (QED) is 0.268. The minimum absolute atomic E-state index is 0.126. The van der Waals surface area contributed by atoms with Gasteiger partial charge in [0.2, 0.25) is 5.78 Å². The molecule has 0 saturated carbocycles. The summed E-state index contributed by atoms with van der Waals surface area (Å²) >= 11 is 0. The monoisotopic (exact) mass is 290 g/mol. The van der Waals surface area contributed by atoms with Crippen molar-refractivity contribution in [2.75, 3.05) is 13.7 Å². The second-order valence-corrected chi connectivity index (χ2v) is 5.34. The van der Waals surface area contributed by atoms with Crippen LogP contribution in [0.5, 0.6) is 0 Å². The molecule has 2 atom stereocenters. The maximum atomic E-state index is 11.2. The molecule has 0 aromatic rings. The van der Waals surface area contributed by atoms with E-state index in [1.807, 2.05) is 0 Å². The summed E-state index contributed by atoms with van der Waals surface area (Å²) in [6, 6.07) is 0. The van der Waals surface area contributed by atoms with Gasteiger partial charge in [0.05, 0.1) is 18.8 Å². The molecule has 0 spiro atoms. The molecular weight excluding hydrogens is 264 g/mol. The molecule has 0 unspecified atom stereocenters. The summed E-state index contributed by atoms with van der Waals surface area (Å²) in [5.74, 6) is 10.6. The maximum Gasteiger partial charge on any atom is 0.208 e. The van der Waals surface area contributed by atoms with Crippen LogP contribution in [0.25, 0.3) is 0 Å². The van der Waals surface area contributed by atoms with E-state index in [1.165, 1.54) is 32.1 Å². The number of ether oxygens (including phenoxy) is 2. The lowest BCUT2D eigenvalue weighted by Gasteiger charge is -1.96. The van der Waals surface area contributed by atoms with Crippen molar-refractivity contribution in [3.8, 4) is 23.7 Å². The third-order valence-electron chi connectivity index (χ3n) is 3.47. The van der Waals surface area contributed by atoms with Crippen LogP contribution in [-0.2, 0) is 14.3 Å². The lowest BCUT2D eigenvalue weighted by Crippen LogP contribution is -1.98. The fourth-order valence-corrected chi connectivity index (χ4v) is 2.12. The van der Waals surface area contributed by atoms with Gasteiger partial charge in [-0.05, 0) is 24.2 Å². The topological polar surface area (TPSA) is 38.8 Å². The Morgan fingerprint density at radius 1 is 1.14 bits per heavy atom. The number of carbonyl (C=O) groups is 1. The summed E-state index contributed by atoms with van der Waals surface area (Å²) in [6.07, 6.45) is 9.40. The molecule has 1 aliphatic rings. The first-order chi connectivity index (χ1) is 10.3. The molecule has 1 heterocycles. The molecule has 21 heavy (non-hydrogen) atoms. The minimum atomic E-state index is -0.126. The second kappa shape index (κ2) is 11.4. The fourth-order valence-electron chi connectivity index (χ4n) is 2.12. The lowest BCUT2D eigenvalue weighted by atomic mass is 10.1. The first-order valence-corrected chi connectivity index (χ1v) is 7.94. The predicted octanol–water partition coefficient (Wildman–Crippen LogP) is 3.12. The summed E-state index contributed by atoms with van der Waals surface area (Å²) in [5, 5.41) is 0. The van der Waals surface area contributed by atoms with Gasteiger partial charge in [-0.25, -0.2) is 0 Å².